The van der Waals surface area contributed by atoms with Crippen molar-refractivity contribution in [1.29, 1.82) is 0 Å². The van der Waals surface area contributed by atoms with Gasteiger partial charge in [-0.3, -0.25) is 13.9 Å². The summed E-state index contributed by atoms with van der Waals surface area (Å²) < 4.78 is 29.3. The third kappa shape index (κ3) is 7.68. The van der Waals surface area contributed by atoms with Gasteiger partial charge < -0.3 is 10.2 Å². The van der Waals surface area contributed by atoms with Crippen LogP contribution in [0.5, 0.6) is 0 Å². The van der Waals surface area contributed by atoms with Gasteiger partial charge in [0.2, 0.25) is 11.8 Å². The highest BCUT2D eigenvalue weighted by Gasteiger charge is 2.33. The zero-order valence-corrected chi connectivity index (χ0v) is 24.3. The number of carbonyl (C=O) groups excluding carboxylic acids is 2. The number of hydrogen-bond acceptors (Lipinski definition) is 4. The number of amides is 2. The van der Waals surface area contributed by atoms with Gasteiger partial charge in [-0.2, -0.15) is 0 Å². The van der Waals surface area contributed by atoms with E-state index in [0.717, 1.165) is 9.87 Å². The van der Waals surface area contributed by atoms with Gasteiger partial charge >= 0.3 is 0 Å². The summed E-state index contributed by atoms with van der Waals surface area (Å²) in [5.74, 6) is -0.483. The Bertz CT molecular complexity index is 1320. The average molecular weight is 601 g/mol. The number of nitrogens with zero attached hydrogens (tertiary/aromatic N) is 2. The number of rotatable bonds is 12. The number of anilines is 1. The molecule has 3 rings (SSSR count). The molecule has 3 aromatic carbocycles. The number of benzene rings is 3. The molecule has 7 nitrogen and oxygen atoms in total. The molecule has 0 saturated carbocycles. The zero-order chi connectivity index (χ0) is 27.7. The molecule has 0 saturated heterocycles. The Hall–Kier alpha value is -3.17. The van der Waals surface area contributed by atoms with Crippen LogP contribution in [0.25, 0.3) is 0 Å². The van der Waals surface area contributed by atoms with Gasteiger partial charge in [-0.05, 0) is 48.2 Å². The van der Waals surface area contributed by atoms with Crippen molar-refractivity contribution in [3.63, 3.8) is 0 Å². The van der Waals surface area contributed by atoms with Crippen molar-refractivity contribution >= 4 is 43.5 Å². The van der Waals surface area contributed by atoms with Crippen LogP contribution in [0, 0.1) is 5.92 Å². The van der Waals surface area contributed by atoms with Gasteiger partial charge in [0.25, 0.3) is 10.0 Å². The van der Waals surface area contributed by atoms with Gasteiger partial charge in [-0.15, -0.1) is 0 Å². The number of halogens is 1. The van der Waals surface area contributed by atoms with Crippen molar-refractivity contribution in [3.8, 4) is 0 Å². The van der Waals surface area contributed by atoms with Crippen LogP contribution in [0.2, 0.25) is 0 Å². The Labute approximate surface area is 234 Å². The number of carbonyl (C=O) groups is 2. The molecule has 0 fully saturated rings. The minimum atomic E-state index is -4.08. The first kappa shape index (κ1) is 29.4. The van der Waals surface area contributed by atoms with Gasteiger partial charge in [0.1, 0.15) is 12.6 Å². The summed E-state index contributed by atoms with van der Waals surface area (Å²) in [6.07, 6.45) is 0.380. The fraction of sp³-hybridized carbons (Fsp3) is 0.310. The minimum absolute atomic E-state index is 0.0732. The van der Waals surface area contributed by atoms with Crippen LogP contribution in [0.1, 0.15) is 32.8 Å². The predicted octanol–water partition coefficient (Wildman–Crippen LogP) is 5.22. The van der Waals surface area contributed by atoms with Crippen LogP contribution in [0.4, 0.5) is 5.69 Å². The SMILES string of the molecule is CC[C@@H](C(=O)NCC(C)C)N(Cc1ccccc1)C(=O)CN(c1cccc(Br)c1)S(=O)(=O)c1ccccc1. The van der Waals surface area contributed by atoms with Crippen LogP contribution in [-0.4, -0.2) is 44.3 Å². The zero-order valence-electron chi connectivity index (χ0n) is 21.9. The molecule has 1 atom stereocenters. The molecular formula is C29H34BrN3O4S. The molecule has 0 radical (unpaired) electrons. The van der Waals surface area contributed by atoms with Gasteiger partial charge in [-0.1, -0.05) is 91.3 Å². The van der Waals surface area contributed by atoms with Crippen LogP contribution >= 0.6 is 15.9 Å². The Morgan fingerprint density at radius 3 is 2.13 bits per heavy atom. The Morgan fingerprint density at radius 1 is 0.921 bits per heavy atom. The molecule has 2 amide bonds. The van der Waals surface area contributed by atoms with E-state index in [4.69, 9.17) is 0 Å². The molecule has 38 heavy (non-hydrogen) atoms. The molecule has 0 unspecified atom stereocenters. The molecule has 0 bridgehead atoms. The fourth-order valence-electron chi connectivity index (χ4n) is 4.00. The van der Waals surface area contributed by atoms with Crippen molar-refractivity contribution in [2.75, 3.05) is 17.4 Å². The summed E-state index contributed by atoms with van der Waals surface area (Å²) in [6.45, 7) is 6.03. The number of sulfonamides is 1. The topological polar surface area (TPSA) is 86.8 Å². The lowest BCUT2D eigenvalue weighted by Gasteiger charge is -2.33. The van der Waals surface area contributed by atoms with E-state index in [0.29, 0.717) is 23.1 Å². The highest BCUT2D eigenvalue weighted by molar-refractivity contribution is 9.10. The second-order valence-corrected chi connectivity index (χ2v) is 12.2. The highest BCUT2D eigenvalue weighted by Crippen LogP contribution is 2.27. The molecule has 0 spiro atoms. The first-order valence-electron chi connectivity index (χ1n) is 12.6. The molecular weight excluding hydrogens is 566 g/mol. The predicted molar refractivity (Wildman–Crippen MR) is 154 cm³/mol. The second-order valence-electron chi connectivity index (χ2n) is 9.37. The summed E-state index contributed by atoms with van der Waals surface area (Å²) in [7, 11) is -4.08. The molecule has 1 N–H and O–H groups in total. The van der Waals surface area contributed by atoms with Crippen LogP contribution in [0.3, 0.4) is 0 Å². The van der Waals surface area contributed by atoms with Crippen LogP contribution in [0.15, 0.2) is 94.3 Å². The van der Waals surface area contributed by atoms with E-state index in [1.807, 2.05) is 51.1 Å². The van der Waals surface area contributed by atoms with Gasteiger partial charge in [0, 0.05) is 17.6 Å². The standard InChI is InChI=1S/C29H34BrN3O4S/c1-4-27(29(35)31-19-22(2)3)32(20-23-12-7-5-8-13-23)28(34)21-33(25-15-11-14-24(30)18-25)38(36,37)26-16-9-6-10-17-26/h5-18,22,27H,4,19-21H2,1-3H3,(H,31,35)/t27-/m0/s1. The Balaban J connectivity index is 2.02. The molecule has 0 aliphatic heterocycles. The maximum atomic E-state index is 14.0. The van der Waals surface area contributed by atoms with Crippen molar-refractivity contribution in [2.24, 2.45) is 5.92 Å². The molecule has 0 aromatic heterocycles. The quantitative estimate of drug-likeness (QED) is 0.309. The molecule has 0 aliphatic carbocycles. The van der Waals surface area contributed by atoms with E-state index in [1.54, 1.807) is 42.5 Å². The molecule has 3 aromatic rings. The van der Waals surface area contributed by atoms with Crippen LogP contribution < -0.4 is 9.62 Å². The molecule has 0 aliphatic rings. The Kier molecular flexibility index (Phi) is 10.5. The van der Waals surface area contributed by atoms with Crippen molar-refractivity contribution in [3.05, 3.63) is 95.0 Å². The first-order chi connectivity index (χ1) is 18.1. The molecule has 9 heteroatoms. The maximum Gasteiger partial charge on any atom is 0.264 e. The second kappa shape index (κ2) is 13.6. The van der Waals surface area contributed by atoms with E-state index >= 15 is 0 Å². The fourth-order valence-corrected chi connectivity index (χ4v) is 5.82. The van der Waals surface area contributed by atoms with Crippen LogP contribution in [-0.2, 0) is 26.2 Å². The monoisotopic (exact) mass is 599 g/mol. The maximum absolute atomic E-state index is 14.0. The Morgan fingerprint density at radius 2 is 1.55 bits per heavy atom. The van der Waals surface area contributed by atoms with Gasteiger partial charge in [0.15, 0.2) is 0 Å². The van der Waals surface area contributed by atoms with Crippen molar-refractivity contribution in [1.82, 2.24) is 10.2 Å². The summed E-state index contributed by atoms with van der Waals surface area (Å²) >= 11 is 3.41. The molecule has 202 valence electrons. The van der Waals surface area contributed by atoms with E-state index in [9.17, 15) is 18.0 Å². The first-order valence-corrected chi connectivity index (χ1v) is 14.8. The largest absolute Gasteiger partial charge is 0.354 e. The summed E-state index contributed by atoms with van der Waals surface area (Å²) in [6, 6.07) is 23.4. The summed E-state index contributed by atoms with van der Waals surface area (Å²) in [5.41, 5.74) is 1.18. The minimum Gasteiger partial charge on any atom is -0.354 e. The van der Waals surface area contributed by atoms with Gasteiger partial charge in [-0.25, -0.2) is 8.42 Å². The summed E-state index contributed by atoms with van der Waals surface area (Å²) in [5, 5.41) is 2.93. The van der Waals surface area contributed by atoms with E-state index < -0.39 is 28.5 Å². The van der Waals surface area contributed by atoms with E-state index in [2.05, 4.69) is 21.2 Å². The third-order valence-electron chi connectivity index (χ3n) is 5.97. The lowest BCUT2D eigenvalue weighted by Crippen LogP contribution is -2.52. The van der Waals surface area contributed by atoms with Gasteiger partial charge in [0.05, 0.1) is 10.6 Å². The highest BCUT2D eigenvalue weighted by atomic mass is 79.9. The number of nitrogens with one attached hydrogen (secondary N) is 1. The third-order valence-corrected chi connectivity index (χ3v) is 8.25. The lowest BCUT2D eigenvalue weighted by atomic mass is 10.1. The van der Waals surface area contributed by atoms with E-state index in [1.165, 1.54) is 17.0 Å². The molecule has 0 heterocycles. The summed E-state index contributed by atoms with van der Waals surface area (Å²) in [4.78, 5) is 28.7. The number of hydrogen-bond donors (Lipinski definition) is 1. The average Bonchev–Trinajstić information content (AvgIpc) is 2.91. The smallest absolute Gasteiger partial charge is 0.264 e. The van der Waals surface area contributed by atoms with E-state index in [-0.39, 0.29) is 23.3 Å². The lowest BCUT2D eigenvalue weighted by molar-refractivity contribution is -0.140. The van der Waals surface area contributed by atoms with Crippen molar-refractivity contribution < 1.29 is 18.0 Å². The van der Waals surface area contributed by atoms with Crippen molar-refractivity contribution in [2.45, 2.75) is 44.7 Å². The normalized spacial score (nSPS) is 12.1.